The van der Waals surface area contributed by atoms with Crippen LogP contribution in [0.15, 0.2) is 35.6 Å². The van der Waals surface area contributed by atoms with Crippen molar-refractivity contribution in [3.05, 3.63) is 36.3 Å². The number of nitrogens with zero attached hydrogens (tertiary/aromatic N) is 2. The van der Waals surface area contributed by atoms with Crippen LogP contribution in [-0.2, 0) is 16.6 Å². The Labute approximate surface area is 98.1 Å². The molecule has 0 unspecified atom stereocenters. The van der Waals surface area contributed by atoms with Crippen molar-refractivity contribution in [1.29, 1.82) is 0 Å². The molecule has 7 nitrogen and oxygen atoms in total. The van der Waals surface area contributed by atoms with Gasteiger partial charge in [0.05, 0.1) is 6.20 Å². The van der Waals surface area contributed by atoms with Gasteiger partial charge >= 0.3 is 0 Å². The highest BCUT2D eigenvalue weighted by Crippen LogP contribution is 2.13. The van der Waals surface area contributed by atoms with Gasteiger partial charge in [-0.3, -0.25) is 10.1 Å². The topological polar surface area (TPSA) is 114 Å². The molecule has 0 aliphatic carbocycles. The van der Waals surface area contributed by atoms with E-state index in [4.69, 9.17) is 5.73 Å². The van der Waals surface area contributed by atoms with Gasteiger partial charge in [-0.15, -0.1) is 0 Å². The highest BCUT2D eigenvalue weighted by atomic mass is 32.2. The van der Waals surface area contributed by atoms with E-state index < -0.39 is 10.0 Å². The number of H-pyrrole nitrogens is 1. The molecule has 0 aliphatic heterocycles. The summed E-state index contributed by atoms with van der Waals surface area (Å²) < 4.78 is 26.0. The van der Waals surface area contributed by atoms with E-state index >= 15 is 0 Å². The predicted octanol–water partition coefficient (Wildman–Crippen LogP) is -0.135. The van der Waals surface area contributed by atoms with Crippen LogP contribution in [0.25, 0.3) is 0 Å². The van der Waals surface area contributed by atoms with E-state index in [0.717, 1.165) is 5.56 Å². The van der Waals surface area contributed by atoms with Gasteiger partial charge in [-0.25, -0.2) is 13.1 Å². The molecule has 0 saturated heterocycles. The number of hydrogen-bond acceptors (Lipinski definition) is 5. The minimum atomic E-state index is -3.64. The molecule has 0 aromatic carbocycles. The van der Waals surface area contributed by atoms with Crippen LogP contribution in [0.1, 0.15) is 5.56 Å². The highest BCUT2D eigenvalue weighted by molar-refractivity contribution is 7.89. The first kappa shape index (κ1) is 11.6. The monoisotopic (exact) mass is 253 g/mol. The second kappa shape index (κ2) is 4.52. The zero-order valence-corrected chi connectivity index (χ0v) is 9.61. The molecule has 4 N–H and O–H groups in total. The van der Waals surface area contributed by atoms with Crippen molar-refractivity contribution >= 4 is 15.8 Å². The maximum absolute atomic E-state index is 11.8. The number of nitrogen functional groups attached to an aromatic ring is 1. The van der Waals surface area contributed by atoms with E-state index in [2.05, 4.69) is 19.9 Å². The van der Waals surface area contributed by atoms with Gasteiger partial charge in [0.1, 0.15) is 10.7 Å². The van der Waals surface area contributed by atoms with Crippen LogP contribution in [-0.4, -0.2) is 23.6 Å². The summed E-state index contributed by atoms with van der Waals surface area (Å²) in [7, 11) is -3.64. The number of rotatable bonds is 4. The molecule has 2 aromatic rings. The molecule has 0 radical (unpaired) electrons. The van der Waals surface area contributed by atoms with E-state index in [-0.39, 0.29) is 17.3 Å². The van der Waals surface area contributed by atoms with Crippen molar-refractivity contribution in [3.8, 4) is 0 Å². The van der Waals surface area contributed by atoms with Gasteiger partial charge < -0.3 is 5.73 Å². The van der Waals surface area contributed by atoms with Crippen molar-refractivity contribution in [1.82, 2.24) is 19.9 Å². The van der Waals surface area contributed by atoms with Crippen molar-refractivity contribution in [3.63, 3.8) is 0 Å². The Bertz CT molecular complexity index is 593. The molecule has 0 fully saturated rings. The Kier molecular flexibility index (Phi) is 3.07. The average Bonchev–Trinajstić information content (AvgIpc) is 2.75. The molecular weight excluding hydrogens is 242 g/mol. The number of aromatic nitrogens is 3. The second-order valence-corrected chi connectivity index (χ2v) is 5.07. The Balaban J connectivity index is 2.12. The largest absolute Gasteiger partial charge is 0.383 e. The molecular formula is C9H11N5O2S. The summed E-state index contributed by atoms with van der Waals surface area (Å²) >= 11 is 0. The lowest BCUT2D eigenvalue weighted by molar-refractivity contribution is 0.581. The number of sulfonamides is 1. The van der Waals surface area contributed by atoms with E-state index in [1.54, 1.807) is 24.5 Å². The summed E-state index contributed by atoms with van der Waals surface area (Å²) in [4.78, 5) is 3.83. The lowest BCUT2D eigenvalue weighted by Gasteiger charge is -2.04. The SMILES string of the molecule is Nc1[nH]ncc1S(=O)(=O)NCc1cccnc1. The van der Waals surface area contributed by atoms with Crippen LogP contribution in [0.4, 0.5) is 5.82 Å². The number of hydrogen-bond donors (Lipinski definition) is 3. The lowest BCUT2D eigenvalue weighted by atomic mass is 10.3. The van der Waals surface area contributed by atoms with Crippen LogP contribution >= 0.6 is 0 Å². The minimum absolute atomic E-state index is 0.0173. The van der Waals surface area contributed by atoms with Gasteiger partial charge in [-0.05, 0) is 11.6 Å². The maximum atomic E-state index is 11.8. The molecule has 0 aliphatic rings. The summed E-state index contributed by atoms with van der Waals surface area (Å²) in [5, 5.41) is 5.93. The fourth-order valence-electron chi connectivity index (χ4n) is 1.26. The van der Waals surface area contributed by atoms with Crippen molar-refractivity contribution in [2.24, 2.45) is 0 Å². The predicted molar refractivity (Wildman–Crippen MR) is 61.3 cm³/mol. The number of nitrogens with two attached hydrogens (primary N) is 1. The summed E-state index contributed by atoms with van der Waals surface area (Å²) in [6.45, 7) is 0.154. The molecule has 0 saturated carbocycles. The van der Waals surface area contributed by atoms with Crippen LogP contribution in [0.3, 0.4) is 0 Å². The van der Waals surface area contributed by atoms with E-state index in [9.17, 15) is 8.42 Å². The average molecular weight is 253 g/mol. The van der Waals surface area contributed by atoms with Crippen molar-refractivity contribution in [2.45, 2.75) is 11.4 Å². The Morgan fingerprint density at radius 2 is 2.24 bits per heavy atom. The fraction of sp³-hybridized carbons (Fsp3) is 0.111. The van der Waals surface area contributed by atoms with Crippen LogP contribution in [0, 0.1) is 0 Å². The van der Waals surface area contributed by atoms with Crippen LogP contribution < -0.4 is 10.5 Å². The molecule has 0 amide bonds. The van der Waals surface area contributed by atoms with E-state index in [1.807, 2.05) is 0 Å². The number of pyridine rings is 1. The Morgan fingerprint density at radius 3 is 2.82 bits per heavy atom. The van der Waals surface area contributed by atoms with Gasteiger partial charge in [0.2, 0.25) is 10.0 Å². The normalized spacial score (nSPS) is 11.5. The Morgan fingerprint density at radius 1 is 1.41 bits per heavy atom. The molecule has 90 valence electrons. The molecule has 2 aromatic heterocycles. The van der Waals surface area contributed by atoms with Gasteiger partial charge in [0, 0.05) is 18.9 Å². The fourth-order valence-corrected chi connectivity index (χ4v) is 2.30. The molecule has 0 atom stereocenters. The smallest absolute Gasteiger partial charge is 0.246 e. The van der Waals surface area contributed by atoms with E-state index in [0.29, 0.717) is 0 Å². The second-order valence-electron chi connectivity index (χ2n) is 3.33. The first-order valence-corrected chi connectivity index (χ1v) is 6.25. The zero-order chi connectivity index (χ0) is 12.3. The maximum Gasteiger partial charge on any atom is 0.246 e. The van der Waals surface area contributed by atoms with E-state index in [1.165, 1.54) is 6.20 Å². The number of anilines is 1. The third-order valence-corrected chi connectivity index (χ3v) is 3.54. The van der Waals surface area contributed by atoms with Crippen molar-refractivity contribution < 1.29 is 8.42 Å². The van der Waals surface area contributed by atoms with Gasteiger partial charge in [0.25, 0.3) is 0 Å². The Hall–Kier alpha value is -1.93. The van der Waals surface area contributed by atoms with Gasteiger partial charge in [-0.1, -0.05) is 6.07 Å². The summed E-state index contributed by atoms with van der Waals surface area (Å²) in [6.07, 6.45) is 4.37. The highest BCUT2D eigenvalue weighted by Gasteiger charge is 2.18. The molecule has 2 rings (SSSR count). The number of nitrogens with one attached hydrogen (secondary N) is 2. The third kappa shape index (κ3) is 2.60. The lowest BCUT2D eigenvalue weighted by Crippen LogP contribution is -2.23. The van der Waals surface area contributed by atoms with Crippen LogP contribution in [0.2, 0.25) is 0 Å². The molecule has 0 spiro atoms. The third-order valence-electron chi connectivity index (χ3n) is 2.11. The summed E-state index contributed by atoms with van der Waals surface area (Å²) in [6, 6.07) is 3.50. The zero-order valence-electron chi connectivity index (χ0n) is 8.79. The standard InChI is InChI=1S/C9H11N5O2S/c10-9-8(6-12-14-9)17(15,16)13-5-7-2-1-3-11-4-7/h1-4,6,13H,5H2,(H3,10,12,14). The molecule has 17 heavy (non-hydrogen) atoms. The summed E-state index contributed by atoms with van der Waals surface area (Å²) in [5.41, 5.74) is 6.21. The quantitative estimate of drug-likeness (QED) is 0.702. The molecule has 0 bridgehead atoms. The van der Waals surface area contributed by atoms with Gasteiger partial charge in [-0.2, -0.15) is 5.10 Å². The minimum Gasteiger partial charge on any atom is -0.383 e. The first-order valence-electron chi connectivity index (χ1n) is 4.77. The van der Waals surface area contributed by atoms with Crippen molar-refractivity contribution in [2.75, 3.05) is 5.73 Å². The van der Waals surface area contributed by atoms with Gasteiger partial charge in [0.15, 0.2) is 0 Å². The molecule has 8 heteroatoms. The number of aromatic amines is 1. The summed E-state index contributed by atoms with van der Waals surface area (Å²) in [5.74, 6) is 0.0173. The first-order chi connectivity index (χ1) is 8.09. The molecule has 2 heterocycles. The van der Waals surface area contributed by atoms with Crippen LogP contribution in [0.5, 0.6) is 0 Å².